The van der Waals surface area contributed by atoms with Gasteiger partial charge in [0.1, 0.15) is 22.0 Å². The predicted octanol–water partition coefficient (Wildman–Crippen LogP) is 5.58. The highest BCUT2D eigenvalue weighted by molar-refractivity contribution is 7.86. The first kappa shape index (κ1) is 27.2. The summed E-state index contributed by atoms with van der Waals surface area (Å²) >= 11 is 0. The predicted molar refractivity (Wildman–Crippen MR) is 144 cm³/mol. The second-order valence-electron chi connectivity index (χ2n) is 9.57. The van der Waals surface area contributed by atoms with Crippen molar-refractivity contribution in [2.75, 3.05) is 12.4 Å². The Hall–Kier alpha value is -4.42. The summed E-state index contributed by atoms with van der Waals surface area (Å²) in [6.07, 6.45) is 4.53. The van der Waals surface area contributed by atoms with Crippen molar-refractivity contribution in [3.05, 3.63) is 76.3 Å². The summed E-state index contributed by atoms with van der Waals surface area (Å²) in [6, 6.07) is 11.0. The number of hydrogen-bond acceptors (Lipinski definition) is 9. The van der Waals surface area contributed by atoms with Crippen molar-refractivity contribution in [2.24, 2.45) is 10.2 Å². The van der Waals surface area contributed by atoms with Gasteiger partial charge in [0.2, 0.25) is 0 Å². The highest BCUT2D eigenvalue weighted by atomic mass is 32.2. The summed E-state index contributed by atoms with van der Waals surface area (Å²) in [5.74, 6) is -2.29. The van der Waals surface area contributed by atoms with Crippen LogP contribution in [-0.4, -0.2) is 48.8 Å². The Balaban J connectivity index is 1.77. The molecule has 0 heterocycles. The molecule has 40 heavy (non-hydrogen) atoms. The normalized spacial score (nSPS) is 15.6. The van der Waals surface area contributed by atoms with Crippen LogP contribution in [0.4, 0.5) is 17.1 Å². The first-order valence-corrected chi connectivity index (χ1v) is 14.0. The molecule has 5 rings (SSSR count). The number of benzene rings is 3. The largest absolute Gasteiger partial charge is 0.494 e. The van der Waals surface area contributed by atoms with Crippen molar-refractivity contribution in [2.45, 2.75) is 43.0 Å². The van der Waals surface area contributed by atoms with Crippen LogP contribution in [0.1, 0.15) is 74.3 Å². The summed E-state index contributed by atoms with van der Waals surface area (Å²) < 4.78 is 40.7. The van der Waals surface area contributed by atoms with Gasteiger partial charge in [0.25, 0.3) is 10.1 Å². The number of ketones is 2. The third-order valence-electron chi connectivity index (χ3n) is 7.06. The standard InChI is InChI=1S/C28H25N3O8S/c1-39-21-12-11-15(28(34)35)13-19(21)30-31-25-22(40(36,37)38)14-20(29-16-7-3-2-4-8-16)23-24(25)27(33)18-10-6-5-9-17(18)26(23)32/h5-6,9-14,16,29H,2-4,7-8H2,1H3,(H,34,35)(H,36,37,38)/b31-30+. The minimum Gasteiger partial charge on any atom is -0.494 e. The summed E-state index contributed by atoms with van der Waals surface area (Å²) in [4.78, 5) is 38.3. The number of fused-ring (bicyclic) bond motifs is 2. The van der Waals surface area contributed by atoms with Gasteiger partial charge >= 0.3 is 5.97 Å². The molecule has 3 aromatic rings. The fourth-order valence-electron chi connectivity index (χ4n) is 5.13. The molecule has 206 valence electrons. The zero-order valence-electron chi connectivity index (χ0n) is 21.4. The molecule has 11 nitrogen and oxygen atoms in total. The molecule has 2 aliphatic carbocycles. The number of aromatic carboxylic acids is 1. The molecule has 0 aliphatic heterocycles. The van der Waals surface area contributed by atoms with Crippen molar-refractivity contribution in [1.82, 2.24) is 0 Å². The number of carboxylic acid groups (broad SMARTS) is 1. The van der Waals surface area contributed by atoms with Gasteiger partial charge in [-0.1, -0.05) is 43.5 Å². The molecule has 0 saturated heterocycles. The van der Waals surface area contributed by atoms with Crippen LogP contribution in [-0.2, 0) is 10.1 Å². The van der Waals surface area contributed by atoms with Gasteiger partial charge in [-0.25, -0.2) is 4.79 Å². The van der Waals surface area contributed by atoms with Crippen LogP contribution in [0, 0.1) is 0 Å². The van der Waals surface area contributed by atoms with Gasteiger partial charge in [0.15, 0.2) is 11.6 Å². The summed E-state index contributed by atoms with van der Waals surface area (Å²) in [7, 11) is -3.65. The number of anilines is 1. The van der Waals surface area contributed by atoms with Crippen LogP contribution in [0.25, 0.3) is 0 Å². The van der Waals surface area contributed by atoms with Crippen molar-refractivity contribution in [1.29, 1.82) is 0 Å². The molecule has 1 saturated carbocycles. The first-order chi connectivity index (χ1) is 19.1. The van der Waals surface area contributed by atoms with Gasteiger partial charge in [-0.15, -0.1) is 10.2 Å². The van der Waals surface area contributed by atoms with Gasteiger partial charge in [-0.05, 0) is 37.1 Å². The summed E-state index contributed by atoms with van der Waals surface area (Å²) in [6.45, 7) is 0. The first-order valence-electron chi connectivity index (χ1n) is 12.6. The lowest BCUT2D eigenvalue weighted by Gasteiger charge is -2.28. The average Bonchev–Trinajstić information content (AvgIpc) is 2.94. The van der Waals surface area contributed by atoms with Crippen LogP contribution in [0.5, 0.6) is 5.75 Å². The Kier molecular flexibility index (Phi) is 7.21. The lowest BCUT2D eigenvalue weighted by Crippen LogP contribution is -2.27. The van der Waals surface area contributed by atoms with E-state index < -0.39 is 38.2 Å². The Morgan fingerprint density at radius 1 is 0.950 bits per heavy atom. The molecule has 0 atom stereocenters. The molecule has 3 aromatic carbocycles. The fraction of sp³-hybridized carbons (Fsp3) is 0.250. The van der Waals surface area contributed by atoms with Crippen LogP contribution >= 0.6 is 0 Å². The molecule has 0 amide bonds. The third kappa shape index (κ3) is 4.98. The second kappa shape index (κ2) is 10.6. The number of carbonyl (C=O) groups is 3. The number of azo groups is 1. The van der Waals surface area contributed by atoms with Crippen LogP contribution < -0.4 is 10.1 Å². The molecular weight excluding hydrogens is 538 g/mol. The Morgan fingerprint density at radius 3 is 2.20 bits per heavy atom. The van der Waals surface area contributed by atoms with Crippen molar-refractivity contribution < 1.29 is 37.2 Å². The van der Waals surface area contributed by atoms with Gasteiger partial charge in [0.05, 0.1) is 23.8 Å². The van der Waals surface area contributed by atoms with Crippen LogP contribution in [0.2, 0.25) is 0 Å². The molecular formula is C28H25N3O8S. The monoisotopic (exact) mass is 563 g/mol. The van der Waals surface area contributed by atoms with E-state index in [0.29, 0.717) is 0 Å². The third-order valence-corrected chi connectivity index (χ3v) is 7.93. The molecule has 2 aliphatic rings. The van der Waals surface area contributed by atoms with Crippen molar-refractivity contribution in [3.8, 4) is 5.75 Å². The number of rotatable bonds is 7. The van der Waals surface area contributed by atoms with Gasteiger partial charge in [0, 0.05) is 22.9 Å². The Bertz CT molecular complexity index is 1690. The highest BCUT2D eigenvalue weighted by Gasteiger charge is 2.38. The van der Waals surface area contributed by atoms with E-state index in [1.807, 2.05) is 0 Å². The SMILES string of the molecule is COc1ccc(C(=O)O)cc1/N=N/c1c(S(=O)(=O)O)cc(NC2CCCCC2)c2c1C(=O)c1ccccc1C2=O. The van der Waals surface area contributed by atoms with Gasteiger partial charge in [-0.2, -0.15) is 8.42 Å². The highest BCUT2D eigenvalue weighted by Crippen LogP contribution is 2.43. The molecule has 12 heteroatoms. The van der Waals surface area contributed by atoms with E-state index in [4.69, 9.17) is 4.74 Å². The van der Waals surface area contributed by atoms with E-state index in [1.54, 1.807) is 12.1 Å². The van der Waals surface area contributed by atoms with Crippen LogP contribution in [0.3, 0.4) is 0 Å². The summed E-state index contributed by atoms with van der Waals surface area (Å²) in [5, 5.41) is 20.6. The second-order valence-corrected chi connectivity index (χ2v) is 11.0. The average molecular weight is 564 g/mol. The van der Waals surface area contributed by atoms with Gasteiger partial charge in [-0.3, -0.25) is 14.1 Å². The number of carbonyl (C=O) groups excluding carboxylic acids is 2. The minimum atomic E-state index is -4.97. The fourth-order valence-corrected chi connectivity index (χ4v) is 5.79. The molecule has 0 spiro atoms. The molecule has 0 unspecified atom stereocenters. The molecule has 1 fully saturated rings. The topological polar surface area (TPSA) is 172 Å². The van der Waals surface area contributed by atoms with Gasteiger partial charge < -0.3 is 15.2 Å². The number of ether oxygens (including phenoxy) is 1. The zero-order valence-corrected chi connectivity index (χ0v) is 22.2. The Morgan fingerprint density at radius 2 is 1.60 bits per heavy atom. The number of carboxylic acids is 1. The zero-order chi connectivity index (χ0) is 28.6. The lowest BCUT2D eigenvalue weighted by atomic mass is 9.82. The van der Waals surface area contributed by atoms with E-state index >= 15 is 0 Å². The summed E-state index contributed by atoms with van der Waals surface area (Å²) in [5.41, 5.74) is -0.830. The number of nitrogens with zero attached hydrogens (tertiary/aromatic N) is 2. The maximum absolute atomic E-state index is 13.8. The Labute approximate surface area is 229 Å². The molecule has 0 bridgehead atoms. The lowest BCUT2D eigenvalue weighted by molar-refractivity contribution is 0.0696. The van der Waals surface area contributed by atoms with E-state index in [0.717, 1.165) is 44.2 Å². The van der Waals surface area contributed by atoms with Crippen molar-refractivity contribution in [3.63, 3.8) is 0 Å². The van der Waals surface area contributed by atoms with E-state index in [-0.39, 0.29) is 51.0 Å². The van der Waals surface area contributed by atoms with E-state index in [2.05, 4.69) is 15.5 Å². The van der Waals surface area contributed by atoms with E-state index in [1.165, 1.54) is 31.4 Å². The quantitative estimate of drug-likeness (QED) is 0.192. The molecule has 3 N–H and O–H groups in total. The number of methoxy groups -OCH3 is 1. The number of hydrogen-bond donors (Lipinski definition) is 3. The number of nitrogens with one attached hydrogen (secondary N) is 1. The minimum absolute atomic E-state index is 0.0537. The maximum Gasteiger partial charge on any atom is 0.335 e. The molecule has 0 aromatic heterocycles. The van der Waals surface area contributed by atoms with Crippen molar-refractivity contribution >= 4 is 44.7 Å². The maximum atomic E-state index is 13.8. The molecule has 0 radical (unpaired) electrons. The smallest absolute Gasteiger partial charge is 0.335 e. The van der Waals surface area contributed by atoms with Crippen LogP contribution in [0.15, 0.2) is 63.7 Å². The van der Waals surface area contributed by atoms with E-state index in [9.17, 15) is 32.5 Å².